The van der Waals surface area contributed by atoms with E-state index < -0.39 is 28.9 Å². The number of hydrogen-bond donors (Lipinski definition) is 1. The average Bonchev–Trinajstić information content (AvgIpc) is 3.03. The lowest BCUT2D eigenvalue weighted by Crippen LogP contribution is -2.11. The second kappa shape index (κ2) is 7.16. The molecule has 4 aromatic rings. The van der Waals surface area contributed by atoms with Crippen LogP contribution in [0.15, 0.2) is 39.7 Å². The third-order valence-electron chi connectivity index (χ3n) is 4.64. The van der Waals surface area contributed by atoms with Gasteiger partial charge in [-0.25, -0.2) is 15.0 Å². The molecule has 0 bridgehead atoms. The fourth-order valence-electron chi connectivity index (χ4n) is 3.32. The molecular weight excluding hydrogens is 451 g/mol. The van der Waals surface area contributed by atoms with Crippen LogP contribution in [0.2, 0.25) is 5.15 Å². The zero-order valence-corrected chi connectivity index (χ0v) is 16.9. The summed E-state index contributed by atoms with van der Waals surface area (Å²) in [6.07, 6.45) is -4.78. The van der Waals surface area contributed by atoms with Crippen LogP contribution in [0, 0.1) is 0 Å². The monoisotopic (exact) mass is 461 g/mol. The Morgan fingerprint density at radius 1 is 1.12 bits per heavy atom. The quantitative estimate of drug-likeness (QED) is 0.406. The molecule has 0 aliphatic carbocycles. The Hall–Kier alpha value is -3.73. The van der Waals surface area contributed by atoms with Gasteiger partial charge in [-0.15, -0.1) is 0 Å². The summed E-state index contributed by atoms with van der Waals surface area (Å²) in [5.74, 6) is -2.21. The number of hydrogen-bond acceptors (Lipinski definition) is 7. The minimum Gasteiger partial charge on any atom is -0.449 e. The number of rotatable bonds is 2. The predicted octanol–water partition coefficient (Wildman–Crippen LogP) is 5.26. The smallest absolute Gasteiger partial charge is 0.449 e. The Labute approximate surface area is 182 Å². The molecule has 1 aromatic carbocycles. The minimum atomic E-state index is -4.78. The minimum absolute atomic E-state index is 0.00228. The van der Waals surface area contributed by atoms with E-state index in [9.17, 15) is 18.0 Å². The zero-order chi connectivity index (χ0) is 22.6. The molecule has 0 fully saturated rings. The van der Waals surface area contributed by atoms with Gasteiger partial charge in [0.15, 0.2) is 0 Å². The summed E-state index contributed by atoms with van der Waals surface area (Å²) in [6, 6.07) is 7.46. The number of ether oxygens (including phenoxy) is 1. The second-order valence-corrected chi connectivity index (χ2v) is 7.31. The Kier molecular flexibility index (Phi) is 4.52. The number of benzene rings is 1. The van der Waals surface area contributed by atoms with Crippen LogP contribution in [0.25, 0.3) is 21.9 Å². The number of aromatic nitrogens is 3. The molecule has 4 heterocycles. The van der Waals surface area contributed by atoms with Crippen LogP contribution < -0.4 is 10.1 Å². The number of pyridine rings is 1. The van der Waals surface area contributed by atoms with Crippen LogP contribution in [-0.4, -0.2) is 33.1 Å². The molecule has 12 heteroatoms. The SMILES string of the molecule is CC1=NC(=O)c2oc3ccc4nc(Oc5cc(Cl)nc(C(F)(F)F)n5)ccc4c3c2NC1. The van der Waals surface area contributed by atoms with Crippen LogP contribution in [0.3, 0.4) is 0 Å². The Morgan fingerprint density at radius 3 is 2.72 bits per heavy atom. The van der Waals surface area contributed by atoms with E-state index in [4.69, 9.17) is 20.8 Å². The van der Waals surface area contributed by atoms with Crippen molar-refractivity contribution in [3.8, 4) is 11.8 Å². The summed E-state index contributed by atoms with van der Waals surface area (Å²) in [5, 5.41) is 4.03. The molecule has 0 radical (unpaired) electrons. The molecule has 5 rings (SSSR count). The second-order valence-electron chi connectivity index (χ2n) is 6.92. The maximum Gasteiger partial charge on any atom is 0.451 e. The highest BCUT2D eigenvalue weighted by atomic mass is 35.5. The molecule has 1 amide bonds. The van der Waals surface area contributed by atoms with E-state index in [2.05, 4.69) is 25.3 Å². The first kappa shape index (κ1) is 20.2. The van der Waals surface area contributed by atoms with Crippen LogP contribution in [-0.2, 0) is 6.18 Å². The van der Waals surface area contributed by atoms with Crippen LogP contribution in [0.1, 0.15) is 23.3 Å². The molecule has 1 aliphatic heterocycles. The van der Waals surface area contributed by atoms with Crippen molar-refractivity contribution in [1.82, 2.24) is 15.0 Å². The van der Waals surface area contributed by atoms with Crippen molar-refractivity contribution >= 4 is 50.8 Å². The van der Waals surface area contributed by atoms with Crippen molar-refractivity contribution < 1.29 is 27.1 Å². The summed E-state index contributed by atoms with van der Waals surface area (Å²) in [5.41, 5.74) is 2.05. The van der Waals surface area contributed by atoms with Gasteiger partial charge in [0.1, 0.15) is 10.7 Å². The maximum absolute atomic E-state index is 12.9. The van der Waals surface area contributed by atoms with Gasteiger partial charge in [0, 0.05) is 23.2 Å². The molecule has 0 unspecified atom stereocenters. The van der Waals surface area contributed by atoms with Crippen molar-refractivity contribution in [3.63, 3.8) is 0 Å². The lowest BCUT2D eigenvalue weighted by molar-refractivity contribution is -0.145. The summed E-state index contributed by atoms with van der Waals surface area (Å²) >= 11 is 5.67. The summed E-state index contributed by atoms with van der Waals surface area (Å²) in [4.78, 5) is 27.2. The number of carbonyl (C=O) groups excluding carboxylic acids is 1. The summed E-state index contributed by atoms with van der Waals surface area (Å²) in [7, 11) is 0. The normalized spacial score (nSPS) is 14.2. The number of halogens is 4. The van der Waals surface area contributed by atoms with Gasteiger partial charge in [0.25, 0.3) is 0 Å². The van der Waals surface area contributed by atoms with Crippen molar-refractivity contribution in [1.29, 1.82) is 0 Å². The number of alkyl halides is 3. The van der Waals surface area contributed by atoms with Crippen molar-refractivity contribution in [3.05, 3.63) is 47.1 Å². The van der Waals surface area contributed by atoms with E-state index >= 15 is 0 Å². The number of aliphatic imine (C=N–C) groups is 1. The van der Waals surface area contributed by atoms with E-state index in [1.54, 1.807) is 25.1 Å². The maximum atomic E-state index is 12.9. The summed E-state index contributed by atoms with van der Waals surface area (Å²) < 4.78 is 49.9. The third-order valence-corrected chi connectivity index (χ3v) is 4.83. The molecule has 32 heavy (non-hydrogen) atoms. The standard InChI is InChI=1S/C20H11ClF3N5O3/c1-8-7-25-16-15-9-2-5-13(32-14-6-12(21)28-19(29-14)20(22,23)24)27-10(9)3-4-11(15)31-17(16)18(30)26-8/h2-6,25H,7H2,1H3. The van der Waals surface area contributed by atoms with E-state index in [1.807, 2.05) is 0 Å². The van der Waals surface area contributed by atoms with Gasteiger partial charge in [-0.05, 0) is 25.1 Å². The Balaban J connectivity index is 1.57. The van der Waals surface area contributed by atoms with Gasteiger partial charge < -0.3 is 14.5 Å². The average molecular weight is 462 g/mol. The van der Waals surface area contributed by atoms with Crippen LogP contribution in [0.5, 0.6) is 11.8 Å². The molecule has 0 saturated carbocycles. The molecule has 0 saturated heterocycles. The van der Waals surface area contributed by atoms with Gasteiger partial charge in [-0.1, -0.05) is 11.6 Å². The number of nitrogens with one attached hydrogen (secondary N) is 1. The van der Waals surface area contributed by atoms with Gasteiger partial charge >= 0.3 is 12.1 Å². The van der Waals surface area contributed by atoms with Gasteiger partial charge in [0.2, 0.25) is 23.3 Å². The van der Waals surface area contributed by atoms with E-state index in [-0.39, 0.29) is 11.6 Å². The first-order valence-electron chi connectivity index (χ1n) is 9.17. The van der Waals surface area contributed by atoms with Crippen LogP contribution >= 0.6 is 11.6 Å². The first-order chi connectivity index (χ1) is 15.2. The number of fused-ring (bicyclic) bond motifs is 5. The highest BCUT2D eigenvalue weighted by Gasteiger charge is 2.35. The van der Waals surface area contributed by atoms with Gasteiger partial charge in [-0.3, -0.25) is 4.79 Å². The fraction of sp³-hybridized carbons (Fsp3) is 0.150. The first-order valence-corrected chi connectivity index (χ1v) is 9.55. The third kappa shape index (κ3) is 3.50. The lowest BCUT2D eigenvalue weighted by Gasteiger charge is -2.09. The molecule has 0 spiro atoms. The Morgan fingerprint density at radius 2 is 1.94 bits per heavy atom. The number of carbonyl (C=O) groups is 1. The highest BCUT2D eigenvalue weighted by molar-refractivity contribution is 6.29. The lowest BCUT2D eigenvalue weighted by atomic mass is 10.1. The number of furan rings is 1. The molecule has 162 valence electrons. The largest absolute Gasteiger partial charge is 0.451 e. The highest BCUT2D eigenvalue weighted by Crippen LogP contribution is 2.38. The topological polar surface area (TPSA) is 102 Å². The predicted molar refractivity (Wildman–Crippen MR) is 110 cm³/mol. The van der Waals surface area contributed by atoms with Crippen LogP contribution in [0.4, 0.5) is 18.9 Å². The molecule has 0 atom stereocenters. The Bertz CT molecular complexity index is 1450. The van der Waals surface area contributed by atoms with Crippen molar-refractivity contribution in [2.75, 3.05) is 11.9 Å². The molecule has 1 N–H and O–H groups in total. The van der Waals surface area contributed by atoms with Crippen molar-refractivity contribution in [2.24, 2.45) is 4.99 Å². The van der Waals surface area contributed by atoms with Gasteiger partial charge in [0.05, 0.1) is 23.1 Å². The number of anilines is 1. The molecule has 3 aromatic heterocycles. The fourth-order valence-corrected chi connectivity index (χ4v) is 3.50. The molecule has 1 aliphatic rings. The van der Waals surface area contributed by atoms with Gasteiger partial charge in [-0.2, -0.15) is 18.2 Å². The molecular formula is C20H11ClF3N5O3. The van der Waals surface area contributed by atoms with E-state index in [1.165, 1.54) is 6.07 Å². The van der Waals surface area contributed by atoms with E-state index in [0.717, 1.165) is 6.07 Å². The number of nitrogens with zero attached hydrogens (tertiary/aromatic N) is 4. The number of amides is 1. The van der Waals surface area contributed by atoms with Crippen molar-refractivity contribution in [2.45, 2.75) is 13.1 Å². The van der Waals surface area contributed by atoms with E-state index in [0.29, 0.717) is 39.8 Å². The summed E-state index contributed by atoms with van der Waals surface area (Å²) in [6.45, 7) is 2.10. The molecule has 8 nitrogen and oxygen atoms in total. The zero-order valence-electron chi connectivity index (χ0n) is 16.1.